The second kappa shape index (κ2) is 8.17. The number of anilines is 1. The number of carbonyl (C=O) groups excluding carboxylic acids is 2. The first kappa shape index (κ1) is 17.6. The zero-order valence-electron chi connectivity index (χ0n) is 12.9. The lowest BCUT2D eigenvalue weighted by molar-refractivity contribution is -0.122. The molecule has 1 aromatic carbocycles. The summed E-state index contributed by atoms with van der Waals surface area (Å²) >= 11 is 0. The summed E-state index contributed by atoms with van der Waals surface area (Å²) in [6, 6.07) is 7.48. The molecular formula is C16H22ClN3O3. The average Bonchev–Trinajstić information content (AvgIpc) is 3.07. The normalized spacial score (nSPS) is 19.6. The summed E-state index contributed by atoms with van der Waals surface area (Å²) < 4.78 is 5.41. The van der Waals surface area contributed by atoms with Gasteiger partial charge in [-0.25, -0.2) is 0 Å². The number of benzene rings is 1. The van der Waals surface area contributed by atoms with Gasteiger partial charge in [-0.05, 0) is 37.9 Å². The number of amides is 2. The Hall–Kier alpha value is -1.79. The van der Waals surface area contributed by atoms with Crippen LogP contribution in [0.15, 0.2) is 24.3 Å². The number of rotatable bonds is 5. The van der Waals surface area contributed by atoms with E-state index < -0.39 is 0 Å². The molecule has 0 spiro atoms. The number of hydrogen-bond acceptors (Lipinski definition) is 4. The minimum Gasteiger partial charge on any atom is -0.482 e. The maximum atomic E-state index is 12.0. The lowest BCUT2D eigenvalue weighted by Crippen LogP contribution is -2.43. The van der Waals surface area contributed by atoms with Gasteiger partial charge in [-0.1, -0.05) is 12.1 Å². The van der Waals surface area contributed by atoms with Crippen LogP contribution in [0.1, 0.15) is 19.3 Å². The first-order valence-electron chi connectivity index (χ1n) is 7.79. The number of fused-ring (bicyclic) bond motifs is 1. The molecule has 3 rings (SSSR count). The van der Waals surface area contributed by atoms with Crippen LogP contribution in [0.5, 0.6) is 5.75 Å². The van der Waals surface area contributed by atoms with E-state index in [1.54, 1.807) is 4.90 Å². The van der Waals surface area contributed by atoms with Crippen molar-refractivity contribution in [2.45, 2.75) is 25.3 Å². The molecule has 2 heterocycles. The molecule has 1 saturated heterocycles. The van der Waals surface area contributed by atoms with Gasteiger partial charge in [0.25, 0.3) is 5.91 Å². The Morgan fingerprint density at radius 3 is 3.00 bits per heavy atom. The molecule has 0 aromatic heterocycles. The fourth-order valence-electron chi connectivity index (χ4n) is 2.88. The van der Waals surface area contributed by atoms with Crippen LogP contribution < -0.4 is 20.3 Å². The molecule has 0 bridgehead atoms. The largest absolute Gasteiger partial charge is 0.482 e. The number of carbonyl (C=O) groups is 2. The van der Waals surface area contributed by atoms with E-state index in [2.05, 4.69) is 10.6 Å². The molecule has 126 valence electrons. The van der Waals surface area contributed by atoms with Crippen molar-refractivity contribution in [3.05, 3.63) is 24.3 Å². The third-order valence-electron chi connectivity index (χ3n) is 4.04. The zero-order chi connectivity index (χ0) is 15.4. The molecule has 23 heavy (non-hydrogen) atoms. The van der Waals surface area contributed by atoms with Gasteiger partial charge < -0.3 is 20.3 Å². The Labute approximate surface area is 142 Å². The first-order valence-corrected chi connectivity index (χ1v) is 7.79. The Morgan fingerprint density at radius 1 is 1.39 bits per heavy atom. The number of hydrogen-bond donors (Lipinski definition) is 2. The minimum atomic E-state index is -0.0502. The molecule has 2 amide bonds. The second-order valence-corrected chi connectivity index (χ2v) is 5.60. The van der Waals surface area contributed by atoms with Gasteiger partial charge in [-0.15, -0.1) is 12.4 Å². The molecule has 1 atom stereocenters. The minimum absolute atomic E-state index is 0. The van der Waals surface area contributed by atoms with Crippen molar-refractivity contribution in [1.29, 1.82) is 0 Å². The van der Waals surface area contributed by atoms with E-state index >= 15 is 0 Å². The smallest absolute Gasteiger partial charge is 0.265 e. The predicted octanol–water partition coefficient (Wildman–Crippen LogP) is 1.09. The van der Waals surface area contributed by atoms with Gasteiger partial charge in [-0.3, -0.25) is 9.59 Å². The summed E-state index contributed by atoms with van der Waals surface area (Å²) in [5, 5.41) is 6.11. The van der Waals surface area contributed by atoms with Gasteiger partial charge >= 0.3 is 0 Å². The van der Waals surface area contributed by atoms with Crippen molar-refractivity contribution in [3.63, 3.8) is 0 Å². The molecule has 1 fully saturated rings. The van der Waals surface area contributed by atoms with Crippen LogP contribution in [-0.4, -0.2) is 44.1 Å². The number of ether oxygens (including phenoxy) is 1. The highest BCUT2D eigenvalue weighted by Crippen LogP contribution is 2.31. The number of nitrogens with one attached hydrogen (secondary N) is 2. The van der Waals surface area contributed by atoms with Crippen molar-refractivity contribution >= 4 is 29.9 Å². The maximum absolute atomic E-state index is 12.0. The zero-order valence-corrected chi connectivity index (χ0v) is 13.7. The van der Waals surface area contributed by atoms with Crippen LogP contribution in [0.25, 0.3) is 0 Å². The molecule has 2 aliphatic heterocycles. The summed E-state index contributed by atoms with van der Waals surface area (Å²) in [6.45, 7) is 2.15. The summed E-state index contributed by atoms with van der Waals surface area (Å²) in [4.78, 5) is 25.6. The average molecular weight is 340 g/mol. The lowest BCUT2D eigenvalue weighted by Gasteiger charge is -2.29. The molecule has 0 saturated carbocycles. The number of halogens is 1. The van der Waals surface area contributed by atoms with Crippen molar-refractivity contribution < 1.29 is 14.3 Å². The van der Waals surface area contributed by atoms with Crippen molar-refractivity contribution in [2.24, 2.45) is 0 Å². The summed E-state index contributed by atoms with van der Waals surface area (Å²) in [6.07, 6.45) is 2.68. The predicted molar refractivity (Wildman–Crippen MR) is 90.2 cm³/mol. The Bertz CT molecular complexity index is 561. The molecule has 7 heteroatoms. The summed E-state index contributed by atoms with van der Waals surface area (Å²) in [7, 11) is 0. The van der Waals surface area contributed by atoms with Crippen LogP contribution in [0.2, 0.25) is 0 Å². The van der Waals surface area contributed by atoms with E-state index in [1.165, 1.54) is 0 Å². The standard InChI is InChI=1S/C16H21N3O3.ClH/c20-15-11-22-14-7-2-1-6-13(14)19(15)10-4-9-18-16(21)12-5-3-8-17-12;/h1-2,6-7,12,17H,3-5,8-11H2,(H,18,21);1H. The highest BCUT2D eigenvalue weighted by Gasteiger charge is 2.25. The summed E-state index contributed by atoms with van der Waals surface area (Å²) in [5.41, 5.74) is 0.808. The van der Waals surface area contributed by atoms with Crippen molar-refractivity contribution in [1.82, 2.24) is 10.6 Å². The number of para-hydroxylation sites is 2. The molecule has 0 aliphatic carbocycles. The Morgan fingerprint density at radius 2 is 2.22 bits per heavy atom. The first-order chi connectivity index (χ1) is 10.8. The quantitative estimate of drug-likeness (QED) is 0.788. The molecule has 0 radical (unpaired) electrons. The van der Waals surface area contributed by atoms with E-state index in [0.29, 0.717) is 13.1 Å². The van der Waals surface area contributed by atoms with Gasteiger partial charge in [0.15, 0.2) is 6.61 Å². The third kappa shape index (κ3) is 4.14. The van der Waals surface area contributed by atoms with E-state index in [4.69, 9.17) is 4.74 Å². The van der Waals surface area contributed by atoms with Gasteiger partial charge in [0, 0.05) is 13.1 Å². The molecule has 1 unspecified atom stereocenters. The third-order valence-corrected chi connectivity index (χ3v) is 4.04. The molecule has 6 nitrogen and oxygen atoms in total. The van der Waals surface area contributed by atoms with Crippen LogP contribution in [0.4, 0.5) is 5.69 Å². The topological polar surface area (TPSA) is 70.7 Å². The fourth-order valence-corrected chi connectivity index (χ4v) is 2.88. The van der Waals surface area contributed by atoms with Crippen LogP contribution in [-0.2, 0) is 9.59 Å². The van der Waals surface area contributed by atoms with Crippen LogP contribution in [0, 0.1) is 0 Å². The van der Waals surface area contributed by atoms with E-state index in [1.807, 2.05) is 24.3 Å². The maximum Gasteiger partial charge on any atom is 0.265 e. The fraction of sp³-hybridized carbons (Fsp3) is 0.500. The van der Waals surface area contributed by atoms with Crippen molar-refractivity contribution in [2.75, 3.05) is 31.1 Å². The monoisotopic (exact) mass is 339 g/mol. The highest BCUT2D eigenvalue weighted by atomic mass is 35.5. The molecule has 2 aliphatic rings. The molecule has 1 aromatic rings. The molecule has 2 N–H and O–H groups in total. The summed E-state index contributed by atoms with van der Waals surface area (Å²) in [5.74, 6) is 0.759. The Balaban J connectivity index is 0.00000192. The van der Waals surface area contributed by atoms with Gasteiger partial charge in [0.1, 0.15) is 5.75 Å². The second-order valence-electron chi connectivity index (χ2n) is 5.60. The van der Waals surface area contributed by atoms with E-state index in [0.717, 1.165) is 37.2 Å². The van der Waals surface area contributed by atoms with Crippen LogP contribution >= 0.6 is 12.4 Å². The highest BCUT2D eigenvalue weighted by molar-refractivity contribution is 5.97. The van der Waals surface area contributed by atoms with Gasteiger partial charge in [-0.2, -0.15) is 0 Å². The van der Waals surface area contributed by atoms with Crippen LogP contribution in [0.3, 0.4) is 0 Å². The lowest BCUT2D eigenvalue weighted by atomic mass is 10.2. The van der Waals surface area contributed by atoms with E-state index in [-0.39, 0.29) is 36.9 Å². The van der Waals surface area contributed by atoms with Crippen molar-refractivity contribution in [3.8, 4) is 5.75 Å². The van der Waals surface area contributed by atoms with E-state index in [9.17, 15) is 9.59 Å². The molecular weight excluding hydrogens is 318 g/mol. The SMILES string of the molecule is Cl.O=C(NCCCN1C(=O)COc2ccccc21)C1CCCN1. The van der Waals surface area contributed by atoms with Gasteiger partial charge in [0.2, 0.25) is 5.91 Å². The Kier molecular flexibility index (Phi) is 6.24. The number of nitrogens with zero attached hydrogens (tertiary/aromatic N) is 1. The van der Waals surface area contributed by atoms with Gasteiger partial charge in [0.05, 0.1) is 11.7 Å².